The van der Waals surface area contributed by atoms with Gasteiger partial charge < -0.3 is 20.0 Å². The number of piperazine rings is 1. The van der Waals surface area contributed by atoms with E-state index in [1.54, 1.807) is 6.20 Å². The molecule has 1 atom stereocenters. The Morgan fingerprint density at radius 2 is 1.53 bits per heavy atom. The number of amides is 3. The molecule has 1 aliphatic carbocycles. The molecule has 3 amide bonds. The highest BCUT2D eigenvalue weighted by Crippen LogP contribution is 2.29. The molecule has 32 heavy (non-hydrogen) atoms. The van der Waals surface area contributed by atoms with Gasteiger partial charge in [0.25, 0.3) is 0 Å². The van der Waals surface area contributed by atoms with Gasteiger partial charge in [0.05, 0.1) is 0 Å². The van der Waals surface area contributed by atoms with Crippen molar-refractivity contribution in [1.82, 2.24) is 20.1 Å². The molecule has 3 aliphatic rings. The highest BCUT2D eigenvalue weighted by Gasteiger charge is 2.31. The Morgan fingerprint density at radius 1 is 0.844 bits per heavy atom. The smallest absolute Gasteiger partial charge is 0.225 e. The summed E-state index contributed by atoms with van der Waals surface area (Å²) in [5.41, 5.74) is 0. The SMILES string of the molecule is O=C1CCN(C(=O)C2CCC2)CCCC(C(=O)N2CCN(c3ccccn3)CC2)CCN1. The molecule has 1 unspecified atom stereocenters. The van der Waals surface area contributed by atoms with E-state index in [-0.39, 0.29) is 29.6 Å². The third kappa shape index (κ3) is 5.58. The summed E-state index contributed by atoms with van der Waals surface area (Å²) in [6, 6.07) is 5.89. The number of nitrogens with zero attached hydrogens (tertiary/aromatic N) is 4. The number of hydrogen-bond donors (Lipinski definition) is 1. The van der Waals surface area contributed by atoms with Crippen molar-refractivity contribution >= 4 is 23.5 Å². The average Bonchev–Trinajstić information content (AvgIpc) is 2.83. The van der Waals surface area contributed by atoms with Gasteiger partial charge in [0.15, 0.2) is 0 Å². The number of rotatable bonds is 3. The Labute approximate surface area is 190 Å². The normalized spacial score (nSPS) is 23.7. The molecular formula is C24H35N5O3. The van der Waals surface area contributed by atoms with Gasteiger partial charge >= 0.3 is 0 Å². The van der Waals surface area contributed by atoms with E-state index >= 15 is 0 Å². The van der Waals surface area contributed by atoms with Gasteiger partial charge in [-0.05, 0) is 44.2 Å². The summed E-state index contributed by atoms with van der Waals surface area (Å²) < 4.78 is 0. The van der Waals surface area contributed by atoms with Gasteiger partial charge in [0.1, 0.15) is 5.82 Å². The summed E-state index contributed by atoms with van der Waals surface area (Å²) in [7, 11) is 0. The number of carbonyl (C=O) groups excluding carboxylic acids is 3. The number of carbonyl (C=O) groups is 3. The second-order valence-corrected chi connectivity index (χ2v) is 9.18. The highest BCUT2D eigenvalue weighted by atomic mass is 16.2. The fourth-order valence-electron chi connectivity index (χ4n) is 4.83. The lowest BCUT2D eigenvalue weighted by molar-refractivity contribution is -0.138. The predicted octanol–water partition coefficient (Wildman–Crippen LogP) is 1.67. The number of nitrogens with one attached hydrogen (secondary N) is 1. The fraction of sp³-hybridized carbons (Fsp3) is 0.667. The zero-order valence-electron chi connectivity index (χ0n) is 18.9. The summed E-state index contributed by atoms with van der Waals surface area (Å²) in [6.07, 6.45) is 7.40. The maximum absolute atomic E-state index is 13.3. The molecule has 1 aromatic heterocycles. The third-order valence-electron chi connectivity index (χ3n) is 7.08. The first-order valence-corrected chi connectivity index (χ1v) is 12.1. The minimum Gasteiger partial charge on any atom is -0.356 e. The summed E-state index contributed by atoms with van der Waals surface area (Å²) in [6.45, 7) is 4.55. The molecule has 3 heterocycles. The van der Waals surface area contributed by atoms with Crippen molar-refractivity contribution in [3.63, 3.8) is 0 Å². The van der Waals surface area contributed by atoms with Crippen LogP contribution >= 0.6 is 0 Å². The van der Waals surface area contributed by atoms with E-state index < -0.39 is 0 Å². The van der Waals surface area contributed by atoms with Crippen molar-refractivity contribution in [2.45, 2.75) is 44.9 Å². The van der Waals surface area contributed by atoms with E-state index in [0.717, 1.165) is 51.0 Å². The number of hydrogen-bond acceptors (Lipinski definition) is 5. The molecule has 1 N–H and O–H groups in total. The van der Waals surface area contributed by atoms with Crippen LogP contribution in [0.25, 0.3) is 0 Å². The van der Waals surface area contributed by atoms with Gasteiger partial charge in [-0.3, -0.25) is 14.4 Å². The molecule has 0 radical (unpaired) electrons. The van der Waals surface area contributed by atoms with Crippen molar-refractivity contribution in [1.29, 1.82) is 0 Å². The van der Waals surface area contributed by atoms with Gasteiger partial charge in [0.2, 0.25) is 17.7 Å². The van der Waals surface area contributed by atoms with Crippen LogP contribution in [0.2, 0.25) is 0 Å². The lowest BCUT2D eigenvalue weighted by Crippen LogP contribution is -2.51. The minimum atomic E-state index is -0.115. The summed E-state index contributed by atoms with van der Waals surface area (Å²) in [5, 5.41) is 2.95. The number of anilines is 1. The molecule has 3 fully saturated rings. The molecular weight excluding hydrogens is 406 g/mol. The standard InChI is InChI=1S/C24H35N5O3/c30-22-10-14-28(23(31)19-5-3-6-19)13-4-7-20(9-12-26-22)24(32)29-17-15-27(16-18-29)21-8-1-2-11-25-21/h1-2,8,11,19-20H,3-7,9-10,12-18H2,(H,26,30). The largest absolute Gasteiger partial charge is 0.356 e. The first-order valence-electron chi connectivity index (χ1n) is 12.1. The van der Waals surface area contributed by atoms with Crippen LogP contribution in [0, 0.1) is 11.8 Å². The van der Waals surface area contributed by atoms with Crippen LogP contribution in [0.5, 0.6) is 0 Å². The molecule has 0 aromatic carbocycles. The highest BCUT2D eigenvalue weighted by molar-refractivity contribution is 5.82. The van der Waals surface area contributed by atoms with E-state index in [1.165, 1.54) is 0 Å². The summed E-state index contributed by atoms with van der Waals surface area (Å²) in [5.74, 6) is 1.31. The Bertz CT molecular complexity index is 790. The molecule has 8 heteroatoms. The van der Waals surface area contributed by atoms with Crippen molar-refractivity contribution < 1.29 is 14.4 Å². The van der Waals surface area contributed by atoms with E-state index in [1.807, 2.05) is 28.0 Å². The zero-order valence-corrected chi connectivity index (χ0v) is 18.9. The minimum absolute atomic E-state index is 0.0338. The summed E-state index contributed by atoms with van der Waals surface area (Å²) in [4.78, 5) is 48.7. The Balaban J connectivity index is 1.33. The molecule has 4 rings (SSSR count). The molecule has 2 aliphatic heterocycles. The van der Waals surface area contributed by atoms with Crippen LogP contribution in [0.1, 0.15) is 44.9 Å². The van der Waals surface area contributed by atoms with Crippen LogP contribution in [-0.4, -0.2) is 78.3 Å². The quantitative estimate of drug-likeness (QED) is 0.771. The average molecular weight is 442 g/mol. The van der Waals surface area contributed by atoms with Crippen LogP contribution in [0.15, 0.2) is 24.4 Å². The first-order chi connectivity index (χ1) is 15.6. The van der Waals surface area contributed by atoms with E-state index in [2.05, 4.69) is 15.2 Å². The second kappa shape index (κ2) is 10.8. The summed E-state index contributed by atoms with van der Waals surface area (Å²) >= 11 is 0. The molecule has 0 bridgehead atoms. The first kappa shape index (κ1) is 22.6. The van der Waals surface area contributed by atoms with E-state index in [0.29, 0.717) is 45.6 Å². The predicted molar refractivity (Wildman–Crippen MR) is 122 cm³/mol. The topological polar surface area (TPSA) is 85.9 Å². The molecule has 174 valence electrons. The molecule has 8 nitrogen and oxygen atoms in total. The Kier molecular flexibility index (Phi) is 7.60. The molecule has 2 saturated heterocycles. The van der Waals surface area contributed by atoms with Crippen molar-refractivity contribution in [2.24, 2.45) is 11.8 Å². The number of aromatic nitrogens is 1. The molecule has 0 spiro atoms. The van der Waals surface area contributed by atoms with Crippen LogP contribution in [0.4, 0.5) is 5.82 Å². The van der Waals surface area contributed by atoms with Crippen LogP contribution in [-0.2, 0) is 14.4 Å². The van der Waals surface area contributed by atoms with Gasteiger partial charge in [-0.1, -0.05) is 12.5 Å². The fourth-order valence-corrected chi connectivity index (χ4v) is 4.83. The van der Waals surface area contributed by atoms with Gasteiger partial charge in [0, 0.05) is 70.3 Å². The molecule has 1 saturated carbocycles. The lowest BCUT2D eigenvalue weighted by atomic mass is 9.84. The molecule has 1 aromatic rings. The number of pyridine rings is 1. The van der Waals surface area contributed by atoms with E-state index in [9.17, 15) is 14.4 Å². The maximum Gasteiger partial charge on any atom is 0.225 e. The van der Waals surface area contributed by atoms with Gasteiger partial charge in [-0.15, -0.1) is 0 Å². The maximum atomic E-state index is 13.3. The zero-order chi connectivity index (χ0) is 22.3. The van der Waals surface area contributed by atoms with Crippen molar-refractivity contribution in [2.75, 3.05) is 50.7 Å². The monoisotopic (exact) mass is 441 g/mol. The van der Waals surface area contributed by atoms with Crippen LogP contribution < -0.4 is 10.2 Å². The Morgan fingerprint density at radius 3 is 2.19 bits per heavy atom. The van der Waals surface area contributed by atoms with E-state index in [4.69, 9.17) is 0 Å². The Hall–Kier alpha value is -2.64. The van der Waals surface area contributed by atoms with Crippen molar-refractivity contribution in [3.05, 3.63) is 24.4 Å². The van der Waals surface area contributed by atoms with Crippen molar-refractivity contribution in [3.8, 4) is 0 Å². The lowest BCUT2D eigenvalue weighted by Gasteiger charge is -2.37. The third-order valence-corrected chi connectivity index (χ3v) is 7.08. The van der Waals surface area contributed by atoms with Crippen LogP contribution in [0.3, 0.4) is 0 Å². The van der Waals surface area contributed by atoms with Gasteiger partial charge in [-0.2, -0.15) is 0 Å². The second-order valence-electron chi connectivity index (χ2n) is 9.18. The van der Waals surface area contributed by atoms with Gasteiger partial charge in [-0.25, -0.2) is 4.98 Å².